The number of thioether (sulfide) groups is 1. The maximum atomic E-state index is 14.0. The predicted octanol–water partition coefficient (Wildman–Crippen LogP) is 6.31. The largest absolute Gasteiger partial charge is 0.453 e. The zero-order chi connectivity index (χ0) is 31.4. The predicted molar refractivity (Wildman–Crippen MR) is 179 cm³/mol. The van der Waals surface area contributed by atoms with Crippen LogP contribution in [-0.2, 0) is 20.7 Å². The number of ether oxygens (including phenoxy) is 2. The van der Waals surface area contributed by atoms with Gasteiger partial charge in [0.05, 0.1) is 19.3 Å². The zero-order valence-corrected chi connectivity index (χ0v) is 26.6. The number of carbonyl (C=O) groups is 2. The highest BCUT2D eigenvalue weighted by molar-refractivity contribution is 7.99. The maximum Gasteiger partial charge on any atom is 0.407 e. The first-order chi connectivity index (χ1) is 22.0. The topological polar surface area (TPSA) is 102 Å². The fourth-order valence-electron chi connectivity index (χ4n) is 5.44. The van der Waals surface area contributed by atoms with Crippen molar-refractivity contribution >= 4 is 41.1 Å². The Morgan fingerprint density at radius 1 is 0.956 bits per heavy atom. The molecule has 2 heterocycles. The average molecular weight is 645 g/mol. The fraction of sp³-hybridized carbons (Fsp3) is 0.286. The van der Waals surface area contributed by atoms with Crippen LogP contribution in [0.2, 0.25) is 5.02 Å². The van der Waals surface area contributed by atoms with Crippen LogP contribution < -0.4 is 16.0 Å². The molecule has 0 saturated carbocycles. The summed E-state index contributed by atoms with van der Waals surface area (Å²) in [6.45, 7) is 1.57. The Balaban J connectivity index is 1.27. The Hall–Kier alpha value is -3.89. The third-order valence-corrected chi connectivity index (χ3v) is 9.08. The summed E-state index contributed by atoms with van der Waals surface area (Å²) < 4.78 is 11.4. The van der Waals surface area contributed by atoms with Gasteiger partial charge in [0.1, 0.15) is 6.04 Å². The van der Waals surface area contributed by atoms with Crippen LogP contribution in [0.15, 0.2) is 108 Å². The third-order valence-electron chi connectivity index (χ3n) is 7.69. The van der Waals surface area contributed by atoms with E-state index >= 15 is 0 Å². The first-order valence-electron chi connectivity index (χ1n) is 14.9. The molecule has 1 aliphatic heterocycles. The number of alkyl carbamates (subject to hydrolysis) is 1. The fourth-order valence-corrected chi connectivity index (χ4v) is 6.47. The minimum Gasteiger partial charge on any atom is -0.453 e. The summed E-state index contributed by atoms with van der Waals surface area (Å²) in [5, 5.41) is 10.1. The molecule has 10 heteroatoms. The van der Waals surface area contributed by atoms with Crippen molar-refractivity contribution in [1.29, 1.82) is 0 Å². The maximum absolute atomic E-state index is 14.0. The first-order valence-corrected chi connectivity index (χ1v) is 16.3. The second-order valence-corrected chi connectivity index (χ2v) is 12.3. The molecule has 0 aliphatic carbocycles. The lowest BCUT2D eigenvalue weighted by molar-refractivity contribution is -0.118. The summed E-state index contributed by atoms with van der Waals surface area (Å²) in [4.78, 5) is 31.8. The highest BCUT2D eigenvalue weighted by Gasteiger charge is 2.33. The van der Waals surface area contributed by atoms with Crippen LogP contribution in [0.25, 0.3) is 0 Å². The van der Waals surface area contributed by atoms with Crippen molar-refractivity contribution in [1.82, 2.24) is 15.6 Å². The van der Waals surface area contributed by atoms with Crippen molar-refractivity contribution < 1.29 is 19.1 Å². The quantitative estimate of drug-likeness (QED) is 0.155. The number of halogens is 1. The van der Waals surface area contributed by atoms with Crippen molar-refractivity contribution in [2.45, 2.75) is 41.9 Å². The Morgan fingerprint density at radius 2 is 1.64 bits per heavy atom. The Morgan fingerprint density at radius 3 is 2.40 bits per heavy atom. The monoisotopic (exact) mass is 644 g/mol. The standard InChI is InChI=1S/C35H37ClN4O4S/c1-43-35(42)40-33(32(25-8-3-2-4-9-25)26-17-19-37-20-18-26)34(41)39-31-10-6-5-7-24(31)11-14-28-21-38-22-29(44-28)23-45-30-15-12-27(36)13-16-30/h2-10,12-13,15-20,28-29,32-33,38H,11,14,21-23H2,1H3,(H,39,41)(H,40,42)/t28-,29+,32-,33+/m1/s1. The molecule has 4 aromatic rings. The van der Waals surface area contributed by atoms with Gasteiger partial charge < -0.3 is 25.4 Å². The van der Waals surface area contributed by atoms with Crippen LogP contribution in [0.5, 0.6) is 0 Å². The van der Waals surface area contributed by atoms with E-state index in [1.807, 2.05) is 91.0 Å². The molecular formula is C35H37ClN4O4S. The normalized spacial score (nSPS) is 17.6. The molecule has 0 radical (unpaired) electrons. The molecule has 4 atom stereocenters. The van der Waals surface area contributed by atoms with Crippen molar-refractivity contribution in [3.8, 4) is 0 Å². The summed E-state index contributed by atoms with van der Waals surface area (Å²) in [5.41, 5.74) is 3.40. The van der Waals surface area contributed by atoms with Gasteiger partial charge in [-0.15, -0.1) is 11.8 Å². The molecule has 8 nitrogen and oxygen atoms in total. The SMILES string of the molecule is COC(=O)N[C@H](C(=O)Nc1ccccc1CC[C@@H]1CNC[C@@H](CSc2ccc(Cl)cc2)O1)[C@H](c1ccccc1)c1ccncc1. The van der Waals surface area contributed by atoms with Crippen LogP contribution in [0.3, 0.4) is 0 Å². The molecule has 234 valence electrons. The number of hydrogen-bond donors (Lipinski definition) is 3. The molecule has 3 aromatic carbocycles. The minimum atomic E-state index is -0.958. The van der Waals surface area contributed by atoms with Crippen molar-refractivity contribution in [3.63, 3.8) is 0 Å². The van der Waals surface area contributed by atoms with E-state index in [1.54, 1.807) is 24.2 Å². The van der Waals surface area contributed by atoms with Crippen molar-refractivity contribution in [2.24, 2.45) is 0 Å². The van der Waals surface area contributed by atoms with E-state index in [9.17, 15) is 9.59 Å². The van der Waals surface area contributed by atoms with Crippen LogP contribution in [0, 0.1) is 0 Å². The Labute approximate surface area is 273 Å². The summed E-state index contributed by atoms with van der Waals surface area (Å²) in [6, 6.07) is 28.0. The van der Waals surface area contributed by atoms with E-state index < -0.39 is 18.1 Å². The summed E-state index contributed by atoms with van der Waals surface area (Å²) >= 11 is 7.77. The Bertz CT molecular complexity index is 1490. The zero-order valence-electron chi connectivity index (χ0n) is 25.0. The molecule has 5 rings (SSSR count). The number of hydrogen-bond acceptors (Lipinski definition) is 7. The van der Waals surface area contributed by atoms with Crippen LogP contribution >= 0.6 is 23.4 Å². The molecule has 1 aromatic heterocycles. The number of aromatic nitrogens is 1. The van der Waals surface area contributed by atoms with Gasteiger partial charge in [0.25, 0.3) is 0 Å². The molecule has 0 bridgehead atoms. The molecule has 0 unspecified atom stereocenters. The number of amides is 2. The van der Waals surface area contributed by atoms with Crippen LogP contribution in [0.4, 0.5) is 10.5 Å². The average Bonchev–Trinajstić information content (AvgIpc) is 3.08. The number of anilines is 1. The number of para-hydroxylation sites is 1. The number of nitrogens with zero attached hydrogens (tertiary/aromatic N) is 1. The Kier molecular flexibility index (Phi) is 11.9. The molecule has 1 fully saturated rings. The van der Waals surface area contributed by atoms with Crippen LogP contribution in [-0.4, -0.2) is 61.2 Å². The van der Waals surface area contributed by atoms with E-state index in [1.165, 1.54) is 7.11 Å². The minimum absolute atomic E-state index is 0.0428. The van der Waals surface area contributed by atoms with E-state index in [4.69, 9.17) is 21.1 Å². The van der Waals surface area contributed by atoms with Gasteiger partial charge in [-0.25, -0.2) is 4.79 Å². The second-order valence-electron chi connectivity index (χ2n) is 10.8. The molecule has 0 spiro atoms. The summed E-state index contributed by atoms with van der Waals surface area (Å²) in [5.74, 6) is 0.00473. The molecule has 2 amide bonds. The number of pyridine rings is 1. The number of rotatable bonds is 12. The van der Waals surface area contributed by atoms with Crippen molar-refractivity contribution in [2.75, 3.05) is 31.3 Å². The van der Waals surface area contributed by atoms with E-state index in [0.717, 1.165) is 51.9 Å². The number of morpholine rings is 1. The molecular weight excluding hydrogens is 608 g/mol. The molecule has 45 heavy (non-hydrogen) atoms. The smallest absolute Gasteiger partial charge is 0.407 e. The third kappa shape index (κ3) is 9.31. The molecule has 3 N–H and O–H groups in total. The van der Waals surface area contributed by atoms with Gasteiger partial charge in [-0.3, -0.25) is 9.78 Å². The number of aryl methyl sites for hydroxylation is 1. The lowest BCUT2D eigenvalue weighted by Gasteiger charge is -2.31. The summed E-state index contributed by atoms with van der Waals surface area (Å²) in [6.07, 6.45) is 4.29. The van der Waals surface area contributed by atoms with Gasteiger partial charge in [0, 0.05) is 52.8 Å². The summed E-state index contributed by atoms with van der Waals surface area (Å²) in [7, 11) is 1.28. The van der Waals surface area contributed by atoms with Gasteiger partial charge in [-0.1, -0.05) is 60.1 Å². The first kappa shape index (κ1) is 32.5. The van der Waals surface area contributed by atoms with E-state index in [0.29, 0.717) is 12.1 Å². The lowest BCUT2D eigenvalue weighted by atomic mass is 9.85. The van der Waals surface area contributed by atoms with E-state index in [2.05, 4.69) is 20.9 Å². The van der Waals surface area contributed by atoms with Crippen LogP contribution in [0.1, 0.15) is 29.0 Å². The molecule has 1 saturated heterocycles. The van der Waals surface area contributed by atoms with Gasteiger partial charge >= 0.3 is 6.09 Å². The van der Waals surface area contributed by atoms with Gasteiger partial charge in [0.15, 0.2) is 0 Å². The number of carbonyl (C=O) groups excluding carboxylic acids is 2. The number of nitrogens with one attached hydrogen (secondary N) is 3. The number of benzene rings is 3. The molecule has 1 aliphatic rings. The second kappa shape index (κ2) is 16.4. The number of methoxy groups -OCH3 is 1. The van der Waals surface area contributed by atoms with Crippen molar-refractivity contribution in [3.05, 3.63) is 125 Å². The highest BCUT2D eigenvalue weighted by atomic mass is 35.5. The van der Waals surface area contributed by atoms with Gasteiger partial charge in [-0.2, -0.15) is 0 Å². The van der Waals surface area contributed by atoms with Gasteiger partial charge in [0.2, 0.25) is 5.91 Å². The van der Waals surface area contributed by atoms with E-state index in [-0.39, 0.29) is 18.1 Å². The highest BCUT2D eigenvalue weighted by Crippen LogP contribution is 2.30. The lowest BCUT2D eigenvalue weighted by Crippen LogP contribution is -2.48. The van der Waals surface area contributed by atoms with Gasteiger partial charge in [-0.05, 0) is 72.0 Å².